The number of carbonyl (C=O) groups is 3. The molecule has 0 radical (unpaired) electrons. The van der Waals surface area contributed by atoms with Gasteiger partial charge in [-0.2, -0.15) is 5.10 Å². The van der Waals surface area contributed by atoms with Crippen molar-refractivity contribution in [2.75, 3.05) is 18.5 Å². The van der Waals surface area contributed by atoms with Crippen LogP contribution in [-0.4, -0.2) is 40.7 Å². The van der Waals surface area contributed by atoms with E-state index in [1.54, 1.807) is 35.1 Å². The predicted molar refractivity (Wildman–Crippen MR) is 116 cm³/mol. The summed E-state index contributed by atoms with van der Waals surface area (Å²) in [6.07, 6.45) is 1.69. The van der Waals surface area contributed by atoms with Crippen LogP contribution in [0.5, 0.6) is 0 Å². The van der Waals surface area contributed by atoms with Gasteiger partial charge in [-0.05, 0) is 62.2 Å². The summed E-state index contributed by atoms with van der Waals surface area (Å²) in [5, 5.41) is 9.42. The maximum Gasteiger partial charge on any atom is 0.338 e. The molecular formula is C23H24N4O4. The first-order chi connectivity index (χ1) is 14.8. The van der Waals surface area contributed by atoms with Crippen molar-refractivity contribution in [3.63, 3.8) is 0 Å². The summed E-state index contributed by atoms with van der Waals surface area (Å²) < 4.78 is 6.77. The second-order valence-electron chi connectivity index (χ2n) is 7.10. The quantitative estimate of drug-likeness (QED) is 0.572. The first-order valence-corrected chi connectivity index (χ1v) is 9.76. The maximum absolute atomic E-state index is 12.2. The molecule has 0 saturated heterocycles. The number of carbonyl (C=O) groups excluding carboxylic acids is 3. The first-order valence-electron chi connectivity index (χ1n) is 9.76. The summed E-state index contributed by atoms with van der Waals surface area (Å²) in [5.74, 6) is -1.55. The van der Waals surface area contributed by atoms with E-state index >= 15 is 0 Å². The van der Waals surface area contributed by atoms with Gasteiger partial charge in [-0.15, -0.1) is 0 Å². The number of ether oxygens (including phenoxy) is 1. The predicted octanol–water partition coefficient (Wildman–Crippen LogP) is 2.71. The van der Waals surface area contributed by atoms with Gasteiger partial charge in [0.05, 0.1) is 17.8 Å². The van der Waals surface area contributed by atoms with Gasteiger partial charge in [0.2, 0.25) is 5.91 Å². The van der Waals surface area contributed by atoms with Gasteiger partial charge >= 0.3 is 5.97 Å². The number of nitrogens with zero attached hydrogens (tertiary/aromatic N) is 2. The van der Waals surface area contributed by atoms with Gasteiger partial charge in [0.25, 0.3) is 5.91 Å². The molecule has 0 unspecified atom stereocenters. The topological polar surface area (TPSA) is 102 Å². The van der Waals surface area contributed by atoms with Crippen molar-refractivity contribution in [1.82, 2.24) is 15.1 Å². The lowest BCUT2D eigenvalue weighted by atomic mass is 10.1. The van der Waals surface area contributed by atoms with E-state index < -0.39 is 18.5 Å². The van der Waals surface area contributed by atoms with E-state index in [4.69, 9.17) is 4.74 Å². The van der Waals surface area contributed by atoms with Crippen molar-refractivity contribution in [3.8, 4) is 5.69 Å². The molecule has 0 aliphatic carbocycles. The van der Waals surface area contributed by atoms with Crippen molar-refractivity contribution in [3.05, 3.63) is 77.1 Å². The van der Waals surface area contributed by atoms with Crippen molar-refractivity contribution < 1.29 is 19.1 Å². The van der Waals surface area contributed by atoms with Gasteiger partial charge in [0.15, 0.2) is 6.61 Å². The third-order valence-electron chi connectivity index (χ3n) is 4.71. The lowest BCUT2D eigenvalue weighted by Gasteiger charge is -2.12. The summed E-state index contributed by atoms with van der Waals surface area (Å²) >= 11 is 0. The monoisotopic (exact) mass is 420 g/mol. The Morgan fingerprint density at radius 2 is 1.61 bits per heavy atom. The Morgan fingerprint density at radius 3 is 2.23 bits per heavy atom. The molecule has 160 valence electrons. The Hall–Kier alpha value is -3.94. The van der Waals surface area contributed by atoms with E-state index in [1.807, 2.05) is 45.0 Å². The largest absolute Gasteiger partial charge is 0.452 e. The first kappa shape index (κ1) is 21.8. The molecule has 8 nitrogen and oxygen atoms in total. The molecular weight excluding hydrogens is 396 g/mol. The fraction of sp³-hybridized carbons (Fsp3) is 0.217. The number of aryl methyl sites for hydroxylation is 3. The van der Waals surface area contributed by atoms with Crippen molar-refractivity contribution >= 4 is 23.5 Å². The van der Waals surface area contributed by atoms with Crippen LogP contribution in [0, 0.1) is 20.8 Å². The molecule has 0 atom stereocenters. The summed E-state index contributed by atoms with van der Waals surface area (Å²) in [6, 6.07) is 14.3. The van der Waals surface area contributed by atoms with Crippen LogP contribution >= 0.6 is 0 Å². The SMILES string of the molecule is Cc1cccc(C)c1NC(=O)CNC(=O)COC(=O)c1ccc(-n2nccc2C)cc1. The van der Waals surface area contributed by atoms with Crippen LogP contribution in [0.4, 0.5) is 5.69 Å². The molecule has 31 heavy (non-hydrogen) atoms. The van der Waals surface area contributed by atoms with Crippen LogP contribution in [0.15, 0.2) is 54.7 Å². The van der Waals surface area contributed by atoms with Crippen molar-refractivity contribution in [2.24, 2.45) is 0 Å². The number of hydrogen-bond acceptors (Lipinski definition) is 5. The number of benzene rings is 2. The summed E-state index contributed by atoms with van der Waals surface area (Å²) in [6.45, 7) is 5.01. The van der Waals surface area contributed by atoms with Crippen LogP contribution < -0.4 is 10.6 Å². The standard InChI is InChI=1S/C23H24N4O4/c1-15-5-4-6-16(2)22(15)26-20(28)13-24-21(29)14-31-23(30)18-7-9-19(10-8-18)27-17(3)11-12-25-27/h4-12H,13-14H2,1-3H3,(H,24,29)(H,26,28). The van der Waals surface area contributed by atoms with E-state index in [0.29, 0.717) is 5.56 Å². The highest BCUT2D eigenvalue weighted by atomic mass is 16.5. The van der Waals surface area contributed by atoms with Gasteiger partial charge < -0.3 is 15.4 Å². The van der Waals surface area contributed by atoms with Crippen LogP contribution in [0.25, 0.3) is 5.69 Å². The zero-order valence-corrected chi connectivity index (χ0v) is 17.6. The van der Waals surface area contributed by atoms with Crippen molar-refractivity contribution in [2.45, 2.75) is 20.8 Å². The smallest absolute Gasteiger partial charge is 0.338 e. The van der Waals surface area contributed by atoms with Crippen LogP contribution in [-0.2, 0) is 14.3 Å². The maximum atomic E-state index is 12.2. The highest BCUT2D eigenvalue weighted by molar-refractivity contribution is 5.96. The average molecular weight is 420 g/mol. The third kappa shape index (κ3) is 5.57. The molecule has 8 heteroatoms. The molecule has 1 heterocycles. The summed E-state index contributed by atoms with van der Waals surface area (Å²) in [7, 11) is 0. The van der Waals surface area contributed by atoms with Gasteiger partial charge in [-0.3, -0.25) is 9.59 Å². The highest BCUT2D eigenvalue weighted by Gasteiger charge is 2.13. The Bertz CT molecular complexity index is 1080. The fourth-order valence-corrected chi connectivity index (χ4v) is 3.02. The summed E-state index contributed by atoms with van der Waals surface area (Å²) in [5.41, 5.74) is 4.68. The van der Waals surface area contributed by atoms with Crippen molar-refractivity contribution in [1.29, 1.82) is 0 Å². The zero-order valence-electron chi connectivity index (χ0n) is 17.6. The van der Waals surface area contributed by atoms with Gasteiger partial charge in [0.1, 0.15) is 0 Å². The van der Waals surface area contributed by atoms with E-state index in [0.717, 1.165) is 28.2 Å². The fourth-order valence-electron chi connectivity index (χ4n) is 3.02. The second kappa shape index (κ2) is 9.71. The van der Waals surface area contributed by atoms with Gasteiger partial charge in [-0.25, -0.2) is 9.48 Å². The molecule has 0 fully saturated rings. The number of amides is 2. The number of esters is 1. The Morgan fingerprint density at radius 1 is 0.935 bits per heavy atom. The normalized spacial score (nSPS) is 10.4. The Labute approximate surface area is 180 Å². The third-order valence-corrected chi connectivity index (χ3v) is 4.71. The second-order valence-corrected chi connectivity index (χ2v) is 7.10. The number of nitrogens with one attached hydrogen (secondary N) is 2. The minimum atomic E-state index is -0.626. The number of rotatable bonds is 7. The Balaban J connectivity index is 1.45. The van der Waals surface area contributed by atoms with Crippen LogP contribution in [0.2, 0.25) is 0 Å². The van der Waals surface area contributed by atoms with Crippen LogP contribution in [0.1, 0.15) is 27.2 Å². The molecule has 3 aromatic rings. The molecule has 0 spiro atoms. The lowest BCUT2D eigenvalue weighted by Crippen LogP contribution is -2.35. The molecule has 0 aliphatic heterocycles. The molecule has 0 bridgehead atoms. The van der Waals surface area contributed by atoms with Crippen LogP contribution in [0.3, 0.4) is 0 Å². The highest BCUT2D eigenvalue weighted by Crippen LogP contribution is 2.19. The molecule has 2 aromatic carbocycles. The zero-order chi connectivity index (χ0) is 22.4. The molecule has 0 aliphatic rings. The molecule has 1 aromatic heterocycles. The van der Waals surface area contributed by atoms with E-state index in [2.05, 4.69) is 15.7 Å². The van der Waals surface area contributed by atoms with E-state index in [1.165, 1.54) is 0 Å². The molecule has 2 amide bonds. The number of para-hydroxylation sites is 1. The van der Waals surface area contributed by atoms with Gasteiger partial charge in [-0.1, -0.05) is 18.2 Å². The lowest BCUT2D eigenvalue weighted by molar-refractivity contribution is -0.126. The summed E-state index contributed by atoms with van der Waals surface area (Å²) in [4.78, 5) is 36.2. The molecule has 0 saturated carbocycles. The minimum Gasteiger partial charge on any atom is -0.452 e. The average Bonchev–Trinajstić information content (AvgIpc) is 3.19. The minimum absolute atomic E-state index is 0.220. The van der Waals surface area contributed by atoms with E-state index in [9.17, 15) is 14.4 Å². The number of anilines is 1. The van der Waals surface area contributed by atoms with E-state index in [-0.39, 0.29) is 12.5 Å². The molecule has 3 rings (SSSR count). The van der Waals surface area contributed by atoms with Gasteiger partial charge in [0, 0.05) is 17.6 Å². The number of aromatic nitrogens is 2. The molecule has 2 N–H and O–H groups in total. The Kier molecular flexibility index (Phi) is 6.81. The number of hydrogen-bond donors (Lipinski definition) is 2.